The zero-order valence-corrected chi connectivity index (χ0v) is 15.6. The van der Waals surface area contributed by atoms with E-state index in [1.807, 2.05) is 0 Å². The molecule has 0 saturated heterocycles. The van der Waals surface area contributed by atoms with Crippen molar-refractivity contribution in [2.75, 3.05) is 31.3 Å². The van der Waals surface area contributed by atoms with Crippen LogP contribution in [0, 0.1) is 17.5 Å². The molecule has 0 heterocycles. The average Bonchev–Trinajstić information content (AvgIpc) is 2.67. The first-order chi connectivity index (χ1) is 13.2. The molecule has 0 aliphatic rings. The molecule has 1 atom stereocenters. The smallest absolute Gasteiger partial charge is 0.241 e. The van der Waals surface area contributed by atoms with Crippen molar-refractivity contribution < 1.29 is 27.5 Å². The van der Waals surface area contributed by atoms with Crippen molar-refractivity contribution in [1.82, 2.24) is 4.90 Å². The van der Waals surface area contributed by atoms with E-state index in [1.54, 1.807) is 24.3 Å². The second-order valence-electron chi connectivity index (χ2n) is 6.08. The molecule has 9 heteroatoms. The number of nitrogens with zero attached hydrogens (tertiary/aromatic N) is 1. The van der Waals surface area contributed by atoms with E-state index in [0.717, 1.165) is 6.07 Å². The Labute approximate surface area is 160 Å². The zero-order chi connectivity index (χ0) is 20.8. The summed E-state index contributed by atoms with van der Waals surface area (Å²) in [5, 5.41) is 4.86. The molecule has 0 saturated carbocycles. The summed E-state index contributed by atoms with van der Waals surface area (Å²) in [5.41, 5.74) is 0.0451. The van der Waals surface area contributed by atoms with E-state index < -0.39 is 35.1 Å². The number of amides is 2. The number of rotatable bonds is 7. The van der Waals surface area contributed by atoms with Gasteiger partial charge in [0.1, 0.15) is 5.75 Å². The van der Waals surface area contributed by atoms with Crippen molar-refractivity contribution in [1.29, 1.82) is 0 Å². The van der Waals surface area contributed by atoms with Crippen LogP contribution in [0.4, 0.5) is 24.5 Å². The zero-order valence-electron chi connectivity index (χ0n) is 15.6. The number of likely N-dealkylation sites (N-methyl/N-ethyl adjacent to an activating group) is 1. The van der Waals surface area contributed by atoms with Gasteiger partial charge in [-0.15, -0.1) is 0 Å². The molecule has 28 heavy (non-hydrogen) atoms. The Balaban J connectivity index is 1.95. The third-order valence-electron chi connectivity index (χ3n) is 4.08. The predicted octanol–water partition coefficient (Wildman–Crippen LogP) is 3.01. The average molecular weight is 395 g/mol. The van der Waals surface area contributed by atoms with Crippen molar-refractivity contribution in [3.63, 3.8) is 0 Å². The molecule has 0 bridgehead atoms. The summed E-state index contributed by atoms with van der Waals surface area (Å²) in [5.74, 6) is -4.99. The normalized spacial score (nSPS) is 11.8. The van der Waals surface area contributed by atoms with Crippen LogP contribution in [0.3, 0.4) is 0 Å². The van der Waals surface area contributed by atoms with Gasteiger partial charge in [0, 0.05) is 11.8 Å². The Kier molecular flexibility index (Phi) is 7.00. The van der Waals surface area contributed by atoms with Crippen molar-refractivity contribution in [2.45, 2.75) is 13.0 Å². The summed E-state index contributed by atoms with van der Waals surface area (Å²) >= 11 is 0. The number of hydrogen-bond donors (Lipinski definition) is 2. The van der Waals surface area contributed by atoms with Crippen molar-refractivity contribution in [3.05, 3.63) is 53.8 Å². The number of methoxy groups -OCH3 is 1. The first-order valence-electron chi connectivity index (χ1n) is 8.31. The largest absolute Gasteiger partial charge is 0.497 e. The summed E-state index contributed by atoms with van der Waals surface area (Å²) in [6.07, 6.45) is 0. The van der Waals surface area contributed by atoms with Crippen LogP contribution >= 0.6 is 0 Å². The number of benzene rings is 2. The molecular formula is C19H20F3N3O3. The fourth-order valence-corrected chi connectivity index (χ4v) is 2.32. The summed E-state index contributed by atoms with van der Waals surface area (Å²) in [6.45, 7) is 1.36. The minimum Gasteiger partial charge on any atom is -0.497 e. The maximum absolute atomic E-state index is 13.7. The summed E-state index contributed by atoms with van der Waals surface area (Å²) in [7, 11) is 3.03. The predicted molar refractivity (Wildman–Crippen MR) is 98.7 cm³/mol. The molecule has 0 radical (unpaired) electrons. The van der Waals surface area contributed by atoms with Gasteiger partial charge >= 0.3 is 0 Å². The monoisotopic (exact) mass is 395 g/mol. The number of halogens is 3. The molecule has 0 spiro atoms. The van der Waals surface area contributed by atoms with Gasteiger partial charge in [0.25, 0.3) is 0 Å². The Morgan fingerprint density at radius 3 is 2.50 bits per heavy atom. The molecule has 2 aromatic carbocycles. The first-order valence-corrected chi connectivity index (χ1v) is 8.31. The second kappa shape index (κ2) is 9.23. The number of carbonyl (C=O) groups is 2. The first kappa shape index (κ1) is 21.2. The van der Waals surface area contributed by atoms with Gasteiger partial charge in [0.2, 0.25) is 11.8 Å². The van der Waals surface area contributed by atoms with E-state index >= 15 is 0 Å². The number of nitrogens with one attached hydrogen (secondary N) is 2. The lowest BCUT2D eigenvalue weighted by atomic mass is 10.2. The van der Waals surface area contributed by atoms with Gasteiger partial charge in [-0.3, -0.25) is 14.5 Å². The Morgan fingerprint density at radius 1 is 1.11 bits per heavy atom. The van der Waals surface area contributed by atoms with Gasteiger partial charge in [-0.25, -0.2) is 13.2 Å². The topological polar surface area (TPSA) is 70.7 Å². The van der Waals surface area contributed by atoms with Crippen LogP contribution in [-0.4, -0.2) is 43.5 Å². The molecule has 150 valence electrons. The SMILES string of the molecule is COc1cccc(NC(=O)CN(C)[C@@H](C)C(=O)Nc2ccc(F)c(F)c2F)c1. The number of ether oxygens (including phenoxy) is 1. The van der Waals surface area contributed by atoms with E-state index in [4.69, 9.17) is 4.74 Å². The molecule has 0 aromatic heterocycles. The Bertz CT molecular complexity index is 877. The van der Waals surface area contributed by atoms with E-state index in [1.165, 1.54) is 26.0 Å². The number of carbonyl (C=O) groups excluding carboxylic acids is 2. The van der Waals surface area contributed by atoms with Crippen LogP contribution in [0.15, 0.2) is 36.4 Å². The van der Waals surface area contributed by atoms with E-state index in [-0.39, 0.29) is 12.5 Å². The van der Waals surface area contributed by atoms with E-state index in [2.05, 4.69) is 10.6 Å². The lowest BCUT2D eigenvalue weighted by Gasteiger charge is -2.23. The van der Waals surface area contributed by atoms with Crippen LogP contribution in [0.1, 0.15) is 6.92 Å². The van der Waals surface area contributed by atoms with Crippen LogP contribution in [-0.2, 0) is 9.59 Å². The molecule has 2 rings (SSSR count). The van der Waals surface area contributed by atoms with Gasteiger partial charge in [0.15, 0.2) is 17.5 Å². The fraction of sp³-hybridized carbons (Fsp3) is 0.263. The molecule has 6 nitrogen and oxygen atoms in total. The van der Waals surface area contributed by atoms with Crippen LogP contribution in [0.2, 0.25) is 0 Å². The molecule has 0 aliphatic heterocycles. The van der Waals surface area contributed by atoms with Gasteiger partial charge in [-0.05, 0) is 38.2 Å². The Morgan fingerprint density at radius 2 is 1.82 bits per heavy atom. The maximum atomic E-state index is 13.7. The van der Waals surface area contributed by atoms with Crippen molar-refractivity contribution >= 4 is 23.2 Å². The maximum Gasteiger partial charge on any atom is 0.241 e. The summed E-state index contributed by atoms with van der Waals surface area (Å²) in [6, 6.07) is 7.56. The molecule has 2 N–H and O–H groups in total. The van der Waals surface area contributed by atoms with Gasteiger partial charge in [-0.2, -0.15) is 0 Å². The molecule has 0 aliphatic carbocycles. The lowest BCUT2D eigenvalue weighted by molar-refractivity contribution is -0.122. The highest BCUT2D eigenvalue weighted by Gasteiger charge is 2.22. The van der Waals surface area contributed by atoms with Gasteiger partial charge < -0.3 is 15.4 Å². The van der Waals surface area contributed by atoms with Gasteiger partial charge in [-0.1, -0.05) is 6.07 Å². The fourth-order valence-electron chi connectivity index (χ4n) is 2.32. The molecule has 2 aromatic rings. The third-order valence-corrected chi connectivity index (χ3v) is 4.08. The molecule has 0 unspecified atom stereocenters. The number of anilines is 2. The van der Waals surface area contributed by atoms with Crippen LogP contribution in [0.25, 0.3) is 0 Å². The standard InChI is InChI=1S/C19H20F3N3O3/c1-11(19(27)24-15-8-7-14(20)17(21)18(15)22)25(2)10-16(26)23-12-5-4-6-13(9-12)28-3/h4-9,11H,10H2,1-3H3,(H,23,26)(H,24,27)/t11-/m0/s1. The van der Waals surface area contributed by atoms with Crippen molar-refractivity contribution in [3.8, 4) is 5.75 Å². The summed E-state index contributed by atoms with van der Waals surface area (Å²) in [4.78, 5) is 25.8. The number of hydrogen-bond acceptors (Lipinski definition) is 4. The van der Waals surface area contributed by atoms with Crippen LogP contribution < -0.4 is 15.4 Å². The minimum absolute atomic E-state index is 0.133. The highest BCUT2D eigenvalue weighted by Crippen LogP contribution is 2.20. The quantitative estimate of drug-likeness (QED) is 0.707. The molecule has 2 amide bonds. The molecular weight excluding hydrogens is 375 g/mol. The molecule has 0 fully saturated rings. The van der Waals surface area contributed by atoms with Crippen molar-refractivity contribution in [2.24, 2.45) is 0 Å². The minimum atomic E-state index is -1.67. The summed E-state index contributed by atoms with van der Waals surface area (Å²) < 4.78 is 45.0. The van der Waals surface area contributed by atoms with Gasteiger partial charge in [0.05, 0.1) is 25.4 Å². The third kappa shape index (κ3) is 5.23. The van der Waals surface area contributed by atoms with E-state index in [0.29, 0.717) is 17.5 Å². The van der Waals surface area contributed by atoms with E-state index in [9.17, 15) is 22.8 Å². The second-order valence-corrected chi connectivity index (χ2v) is 6.08. The van der Waals surface area contributed by atoms with Crippen LogP contribution in [0.5, 0.6) is 5.75 Å². The highest BCUT2D eigenvalue weighted by molar-refractivity contribution is 5.96. The lowest BCUT2D eigenvalue weighted by Crippen LogP contribution is -2.43. The Hall–Kier alpha value is -3.07. The highest BCUT2D eigenvalue weighted by atomic mass is 19.2.